The van der Waals surface area contributed by atoms with E-state index in [1.54, 1.807) is 20.4 Å². The third-order valence-electron chi connectivity index (χ3n) is 3.88. The maximum atomic E-state index is 6.21. The third-order valence-corrected chi connectivity index (χ3v) is 4.62. The highest BCUT2D eigenvalue weighted by Crippen LogP contribution is 2.30. The highest BCUT2D eigenvalue weighted by molar-refractivity contribution is 6.31. The molecule has 1 N–H and O–H groups in total. The van der Waals surface area contributed by atoms with Gasteiger partial charge in [-0.25, -0.2) is 4.98 Å². The van der Waals surface area contributed by atoms with E-state index in [4.69, 9.17) is 32.7 Å². The number of nitrogens with zero attached hydrogens (tertiary/aromatic N) is 1. The highest BCUT2D eigenvalue weighted by Gasteiger charge is 2.17. The summed E-state index contributed by atoms with van der Waals surface area (Å²) in [7, 11) is 3.15. The molecule has 130 valence electrons. The first kappa shape index (κ1) is 19.0. The fraction of sp³-hybridized carbons (Fsp3) is 0.389. The van der Waals surface area contributed by atoms with Gasteiger partial charge in [0.15, 0.2) is 6.29 Å². The molecule has 2 aromatic rings. The molecule has 0 amide bonds. The molecule has 1 aromatic heterocycles. The predicted molar refractivity (Wildman–Crippen MR) is 98.8 cm³/mol. The number of methoxy groups -OCH3 is 2. The third kappa shape index (κ3) is 4.39. The second-order valence-corrected chi connectivity index (χ2v) is 6.32. The molecule has 0 fully saturated rings. The number of aryl methyl sites for hydroxylation is 1. The van der Waals surface area contributed by atoms with Crippen molar-refractivity contribution in [1.29, 1.82) is 0 Å². The summed E-state index contributed by atoms with van der Waals surface area (Å²) in [5.41, 5.74) is 2.95. The van der Waals surface area contributed by atoms with Crippen molar-refractivity contribution in [2.24, 2.45) is 0 Å². The Morgan fingerprint density at radius 3 is 2.42 bits per heavy atom. The van der Waals surface area contributed by atoms with Gasteiger partial charge in [0.05, 0.1) is 11.1 Å². The van der Waals surface area contributed by atoms with Crippen molar-refractivity contribution in [2.45, 2.75) is 32.6 Å². The zero-order chi connectivity index (χ0) is 17.7. The van der Waals surface area contributed by atoms with E-state index in [1.165, 1.54) is 0 Å². The van der Waals surface area contributed by atoms with Crippen LogP contribution in [0.5, 0.6) is 0 Å². The average Bonchev–Trinajstić information content (AvgIpc) is 2.58. The molecule has 0 aliphatic heterocycles. The van der Waals surface area contributed by atoms with E-state index in [2.05, 4.69) is 23.3 Å². The van der Waals surface area contributed by atoms with Crippen LogP contribution in [0.25, 0.3) is 0 Å². The number of pyridine rings is 1. The topological polar surface area (TPSA) is 43.4 Å². The van der Waals surface area contributed by atoms with Crippen LogP contribution in [0.1, 0.15) is 42.4 Å². The van der Waals surface area contributed by atoms with Gasteiger partial charge in [0.1, 0.15) is 5.82 Å². The predicted octanol–water partition coefficient (Wildman–Crippen LogP) is 5.55. The Morgan fingerprint density at radius 1 is 1.12 bits per heavy atom. The van der Waals surface area contributed by atoms with Crippen molar-refractivity contribution in [1.82, 2.24) is 4.98 Å². The number of aromatic nitrogens is 1. The molecule has 1 aromatic carbocycles. The van der Waals surface area contributed by atoms with Crippen LogP contribution in [-0.4, -0.2) is 19.2 Å². The van der Waals surface area contributed by atoms with Crippen LogP contribution in [0.4, 0.5) is 5.82 Å². The van der Waals surface area contributed by atoms with E-state index < -0.39 is 6.29 Å². The number of rotatable bonds is 7. The number of nitrogens with one attached hydrogen (secondary N) is 1. The number of hydrogen-bond donors (Lipinski definition) is 1. The van der Waals surface area contributed by atoms with Crippen molar-refractivity contribution in [2.75, 3.05) is 19.5 Å². The van der Waals surface area contributed by atoms with Crippen molar-refractivity contribution < 1.29 is 9.47 Å². The lowest BCUT2D eigenvalue weighted by atomic mass is 10.0. The van der Waals surface area contributed by atoms with E-state index >= 15 is 0 Å². The summed E-state index contributed by atoms with van der Waals surface area (Å²) >= 11 is 12.3. The molecule has 4 nitrogen and oxygen atoms in total. The number of hydrogen-bond acceptors (Lipinski definition) is 4. The Balaban J connectivity index is 2.27. The average molecular weight is 369 g/mol. The molecule has 0 saturated carbocycles. The van der Waals surface area contributed by atoms with Gasteiger partial charge in [-0.2, -0.15) is 0 Å². The molecule has 0 radical (unpaired) electrons. The van der Waals surface area contributed by atoms with Gasteiger partial charge in [-0.15, -0.1) is 0 Å². The minimum absolute atomic E-state index is 0.117. The van der Waals surface area contributed by atoms with Crippen LogP contribution in [0.3, 0.4) is 0 Å². The Bertz CT molecular complexity index is 691. The summed E-state index contributed by atoms with van der Waals surface area (Å²) in [5, 5.41) is 4.71. The molecule has 0 aliphatic carbocycles. The molecule has 1 heterocycles. The largest absolute Gasteiger partial charge is 0.363 e. The first-order valence-electron chi connectivity index (χ1n) is 7.73. The number of halogens is 2. The zero-order valence-electron chi connectivity index (χ0n) is 14.3. The van der Waals surface area contributed by atoms with E-state index in [9.17, 15) is 0 Å². The van der Waals surface area contributed by atoms with Crippen molar-refractivity contribution in [3.05, 3.63) is 57.2 Å². The van der Waals surface area contributed by atoms with Crippen molar-refractivity contribution >= 4 is 29.0 Å². The second-order valence-electron chi connectivity index (χ2n) is 5.51. The van der Waals surface area contributed by atoms with Gasteiger partial charge in [0.25, 0.3) is 0 Å². The van der Waals surface area contributed by atoms with Gasteiger partial charge in [-0.1, -0.05) is 42.3 Å². The van der Waals surface area contributed by atoms with Crippen LogP contribution in [0.2, 0.25) is 10.0 Å². The molecule has 0 bridgehead atoms. The number of benzene rings is 1. The van der Waals surface area contributed by atoms with Crippen molar-refractivity contribution in [3.8, 4) is 0 Å². The number of anilines is 1. The van der Waals surface area contributed by atoms with Crippen LogP contribution in [-0.2, 0) is 9.47 Å². The van der Waals surface area contributed by atoms with Gasteiger partial charge in [0, 0.05) is 31.0 Å². The minimum Gasteiger partial charge on any atom is -0.363 e. The normalized spacial score (nSPS) is 12.5. The second kappa shape index (κ2) is 8.67. The Hall–Kier alpha value is -1.33. The van der Waals surface area contributed by atoms with Crippen LogP contribution in [0.15, 0.2) is 30.5 Å². The molecular weight excluding hydrogens is 347 g/mol. The highest BCUT2D eigenvalue weighted by atomic mass is 35.5. The molecule has 1 unspecified atom stereocenters. The molecule has 2 rings (SSSR count). The molecule has 24 heavy (non-hydrogen) atoms. The SMILES string of the molecule is CCC(Nc1cc(C(OC)OC)c(Cl)cn1)c1ccc(Cl)c(C)c1. The Labute approximate surface area is 153 Å². The summed E-state index contributed by atoms with van der Waals surface area (Å²) in [6.45, 7) is 4.12. The maximum Gasteiger partial charge on any atom is 0.184 e. The van der Waals surface area contributed by atoms with Gasteiger partial charge in [0.2, 0.25) is 0 Å². The molecule has 1 atom stereocenters. The van der Waals surface area contributed by atoms with Crippen molar-refractivity contribution in [3.63, 3.8) is 0 Å². The lowest BCUT2D eigenvalue weighted by Crippen LogP contribution is -2.12. The Kier molecular flexibility index (Phi) is 6.87. The van der Waals surface area contributed by atoms with E-state index in [0.29, 0.717) is 10.8 Å². The van der Waals surface area contributed by atoms with Crippen LogP contribution >= 0.6 is 23.2 Å². The summed E-state index contributed by atoms with van der Waals surface area (Å²) < 4.78 is 10.6. The van der Waals surface area contributed by atoms with Crippen LogP contribution < -0.4 is 5.32 Å². The molecule has 0 saturated heterocycles. The summed E-state index contributed by atoms with van der Waals surface area (Å²) in [6, 6.07) is 8.01. The van der Waals surface area contributed by atoms with Gasteiger partial charge in [-0.3, -0.25) is 0 Å². The molecular formula is C18H22Cl2N2O2. The quantitative estimate of drug-likeness (QED) is 0.650. The zero-order valence-corrected chi connectivity index (χ0v) is 15.8. The smallest absolute Gasteiger partial charge is 0.184 e. The summed E-state index contributed by atoms with van der Waals surface area (Å²) in [4.78, 5) is 4.36. The van der Waals surface area contributed by atoms with Crippen LogP contribution in [0, 0.1) is 6.92 Å². The fourth-order valence-electron chi connectivity index (χ4n) is 2.55. The molecule has 6 heteroatoms. The summed E-state index contributed by atoms with van der Waals surface area (Å²) in [5.74, 6) is 0.716. The van der Waals surface area contributed by atoms with E-state index in [-0.39, 0.29) is 6.04 Å². The first-order chi connectivity index (χ1) is 11.5. The monoisotopic (exact) mass is 368 g/mol. The molecule has 0 spiro atoms. The van der Waals surface area contributed by atoms with Gasteiger partial charge in [-0.05, 0) is 36.6 Å². The van der Waals surface area contributed by atoms with Gasteiger partial charge >= 0.3 is 0 Å². The fourth-order valence-corrected chi connectivity index (χ4v) is 2.86. The number of ether oxygens (including phenoxy) is 2. The lowest BCUT2D eigenvalue weighted by Gasteiger charge is -2.21. The minimum atomic E-state index is -0.529. The lowest BCUT2D eigenvalue weighted by molar-refractivity contribution is -0.105. The maximum absolute atomic E-state index is 6.21. The molecule has 0 aliphatic rings. The first-order valence-corrected chi connectivity index (χ1v) is 8.49. The standard InChI is InChI=1S/C18H22Cl2N2O2/c1-5-16(12-6-7-14(19)11(2)8-12)22-17-9-13(15(20)10-21-17)18(23-3)24-4/h6-10,16,18H,5H2,1-4H3,(H,21,22). The Morgan fingerprint density at radius 2 is 1.83 bits per heavy atom. The van der Waals surface area contributed by atoms with E-state index in [0.717, 1.165) is 28.1 Å². The van der Waals surface area contributed by atoms with E-state index in [1.807, 2.05) is 25.1 Å². The van der Waals surface area contributed by atoms with Gasteiger partial charge < -0.3 is 14.8 Å². The summed E-state index contributed by atoms with van der Waals surface area (Å²) in [6.07, 6.45) is 1.97.